The molecule has 1 aromatic carbocycles. The Morgan fingerprint density at radius 2 is 2.00 bits per heavy atom. The molecule has 0 bridgehead atoms. The van der Waals surface area contributed by atoms with Crippen LogP contribution in [0, 0.1) is 5.82 Å². The summed E-state index contributed by atoms with van der Waals surface area (Å²) in [6, 6.07) is 4.21. The van der Waals surface area contributed by atoms with Crippen LogP contribution in [0.2, 0.25) is 25.7 Å². The van der Waals surface area contributed by atoms with Crippen LogP contribution < -0.4 is 4.74 Å². The second-order valence-electron chi connectivity index (χ2n) is 8.21. The fourth-order valence-electron chi connectivity index (χ4n) is 3.16. The summed E-state index contributed by atoms with van der Waals surface area (Å²) >= 11 is 0. The standard InChI is InChI=1S/C19H30FN3O2Si/c1-24-17-7-6-15(20)19-18(17)16(8-11-22-9-5-10-22)21-23(19)14-25-12-13-26(2,3)4/h6-7H,5,8-14H2,1-4H3. The van der Waals surface area contributed by atoms with E-state index in [2.05, 4.69) is 29.6 Å². The van der Waals surface area contributed by atoms with Gasteiger partial charge < -0.3 is 14.4 Å². The summed E-state index contributed by atoms with van der Waals surface area (Å²) in [5.41, 5.74) is 1.37. The molecule has 0 N–H and O–H groups in total. The number of likely N-dealkylation sites (tertiary alicyclic amines) is 1. The average Bonchev–Trinajstić information content (AvgIpc) is 2.90. The highest BCUT2D eigenvalue weighted by atomic mass is 28.3. The maximum Gasteiger partial charge on any atom is 0.149 e. The molecule has 1 fully saturated rings. The van der Waals surface area contributed by atoms with Gasteiger partial charge in [-0.1, -0.05) is 19.6 Å². The van der Waals surface area contributed by atoms with E-state index in [1.165, 1.54) is 12.5 Å². The first-order valence-electron chi connectivity index (χ1n) is 9.41. The van der Waals surface area contributed by atoms with Crippen molar-refractivity contribution in [1.29, 1.82) is 0 Å². The molecule has 1 aromatic heterocycles. The van der Waals surface area contributed by atoms with Gasteiger partial charge in [-0.2, -0.15) is 5.10 Å². The van der Waals surface area contributed by atoms with Gasteiger partial charge in [-0.25, -0.2) is 9.07 Å². The Bertz CT molecular complexity index is 753. The number of halogens is 1. The van der Waals surface area contributed by atoms with Crippen LogP contribution >= 0.6 is 0 Å². The second kappa shape index (κ2) is 8.06. The summed E-state index contributed by atoms with van der Waals surface area (Å²) in [5, 5.41) is 5.46. The van der Waals surface area contributed by atoms with Crippen molar-refractivity contribution in [3.05, 3.63) is 23.6 Å². The number of benzene rings is 1. The van der Waals surface area contributed by atoms with Gasteiger partial charge in [0.1, 0.15) is 23.8 Å². The Hall–Kier alpha value is -1.44. The lowest BCUT2D eigenvalue weighted by molar-refractivity contribution is 0.0809. The zero-order valence-electron chi connectivity index (χ0n) is 16.3. The highest BCUT2D eigenvalue weighted by molar-refractivity contribution is 6.76. The second-order valence-corrected chi connectivity index (χ2v) is 13.8. The van der Waals surface area contributed by atoms with E-state index in [1.807, 2.05) is 0 Å². The van der Waals surface area contributed by atoms with Gasteiger partial charge in [0.15, 0.2) is 0 Å². The smallest absolute Gasteiger partial charge is 0.149 e. The van der Waals surface area contributed by atoms with Gasteiger partial charge in [-0.3, -0.25) is 0 Å². The first kappa shape index (κ1) is 19.3. The number of hydrogen-bond acceptors (Lipinski definition) is 4. The first-order chi connectivity index (χ1) is 12.4. The summed E-state index contributed by atoms with van der Waals surface area (Å²) in [6.45, 7) is 11.1. The van der Waals surface area contributed by atoms with Crippen molar-refractivity contribution in [2.45, 2.75) is 45.3 Å². The fraction of sp³-hybridized carbons (Fsp3) is 0.632. The van der Waals surface area contributed by atoms with Crippen LogP contribution in [0.1, 0.15) is 12.1 Å². The van der Waals surface area contributed by atoms with Crippen molar-refractivity contribution >= 4 is 19.0 Å². The van der Waals surface area contributed by atoms with Crippen LogP contribution in [-0.4, -0.2) is 56.1 Å². The van der Waals surface area contributed by atoms with Gasteiger partial charge in [-0.15, -0.1) is 0 Å². The summed E-state index contributed by atoms with van der Waals surface area (Å²) in [4.78, 5) is 2.39. The van der Waals surface area contributed by atoms with Crippen LogP contribution in [0.25, 0.3) is 10.9 Å². The predicted molar refractivity (Wildman–Crippen MR) is 105 cm³/mol. The molecule has 7 heteroatoms. The molecule has 1 saturated heterocycles. The van der Waals surface area contributed by atoms with Crippen molar-refractivity contribution in [2.24, 2.45) is 0 Å². The topological polar surface area (TPSA) is 39.5 Å². The Morgan fingerprint density at radius 3 is 2.62 bits per heavy atom. The number of methoxy groups -OCH3 is 1. The molecule has 144 valence electrons. The van der Waals surface area contributed by atoms with E-state index < -0.39 is 8.07 Å². The van der Waals surface area contributed by atoms with Gasteiger partial charge >= 0.3 is 0 Å². The molecule has 0 radical (unpaired) electrons. The minimum Gasteiger partial charge on any atom is -0.496 e. The normalized spacial score (nSPS) is 15.4. The highest BCUT2D eigenvalue weighted by Gasteiger charge is 2.21. The average molecular weight is 380 g/mol. The number of fused-ring (bicyclic) bond motifs is 1. The van der Waals surface area contributed by atoms with E-state index in [0.717, 1.165) is 43.2 Å². The molecule has 26 heavy (non-hydrogen) atoms. The van der Waals surface area contributed by atoms with Gasteiger partial charge in [0, 0.05) is 27.6 Å². The number of hydrogen-bond donors (Lipinski definition) is 0. The van der Waals surface area contributed by atoms with Crippen LogP contribution in [0.4, 0.5) is 4.39 Å². The minimum absolute atomic E-state index is 0.273. The van der Waals surface area contributed by atoms with Crippen molar-refractivity contribution in [1.82, 2.24) is 14.7 Å². The number of ether oxygens (including phenoxy) is 2. The third kappa shape index (κ3) is 4.45. The lowest BCUT2D eigenvalue weighted by atomic mass is 10.1. The Balaban J connectivity index is 1.82. The fourth-order valence-corrected chi connectivity index (χ4v) is 3.92. The van der Waals surface area contributed by atoms with Crippen LogP contribution in [0.5, 0.6) is 5.75 Å². The van der Waals surface area contributed by atoms with E-state index in [0.29, 0.717) is 17.9 Å². The molecule has 2 heterocycles. The zero-order chi connectivity index (χ0) is 18.7. The Labute approximate surface area is 156 Å². The third-order valence-corrected chi connectivity index (χ3v) is 6.63. The quantitative estimate of drug-likeness (QED) is 0.491. The molecular weight excluding hydrogens is 349 g/mol. The molecule has 3 rings (SSSR count). The number of nitrogens with zero attached hydrogens (tertiary/aromatic N) is 3. The first-order valence-corrected chi connectivity index (χ1v) is 13.1. The number of rotatable bonds is 9. The summed E-state index contributed by atoms with van der Waals surface area (Å²) < 4.78 is 27.5. The molecule has 0 spiro atoms. The van der Waals surface area contributed by atoms with Crippen molar-refractivity contribution in [2.75, 3.05) is 33.4 Å². The Morgan fingerprint density at radius 1 is 1.23 bits per heavy atom. The van der Waals surface area contributed by atoms with Crippen molar-refractivity contribution in [3.63, 3.8) is 0 Å². The molecule has 0 saturated carbocycles. The zero-order valence-corrected chi connectivity index (χ0v) is 17.3. The molecule has 0 amide bonds. The minimum atomic E-state index is -1.15. The lowest BCUT2D eigenvalue weighted by Crippen LogP contribution is -2.38. The summed E-state index contributed by atoms with van der Waals surface area (Å²) in [5.74, 6) is 0.394. The molecule has 2 aromatic rings. The molecule has 0 aliphatic carbocycles. The Kier molecular flexibility index (Phi) is 5.99. The van der Waals surface area contributed by atoms with Crippen molar-refractivity contribution < 1.29 is 13.9 Å². The van der Waals surface area contributed by atoms with Crippen LogP contribution in [0.15, 0.2) is 12.1 Å². The van der Waals surface area contributed by atoms with E-state index >= 15 is 0 Å². The van der Waals surface area contributed by atoms with Crippen molar-refractivity contribution in [3.8, 4) is 5.75 Å². The lowest BCUT2D eigenvalue weighted by Gasteiger charge is -2.30. The SMILES string of the molecule is COc1ccc(F)c2c1c(CCN1CCC1)nn2COCC[Si](C)(C)C. The van der Waals surface area contributed by atoms with Crippen LogP contribution in [-0.2, 0) is 17.9 Å². The molecule has 1 aliphatic rings. The van der Waals surface area contributed by atoms with E-state index in [4.69, 9.17) is 9.47 Å². The van der Waals surface area contributed by atoms with E-state index in [9.17, 15) is 4.39 Å². The third-order valence-electron chi connectivity index (χ3n) is 4.92. The number of aromatic nitrogens is 2. The monoisotopic (exact) mass is 379 g/mol. The summed E-state index contributed by atoms with van der Waals surface area (Å²) in [6.07, 6.45) is 2.05. The van der Waals surface area contributed by atoms with Gasteiger partial charge in [0.2, 0.25) is 0 Å². The van der Waals surface area contributed by atoms with Gasteiger partial charge in [-0.05, 0) is 37.7 Å². The molecule has 0 atom stereocenters. The van der Waals surface area contributed by atoms with Crippen LogP contribution in [0.3, 0.4) is 0 Å². The van der Waals surface area contributed by atoms with Gasteiger partial charge in [0.25, 0.3) is 0 Å². The molecule has 0 unspecified atom stereocenters. The maximum absolute atomic E-state index is 14.6. The van der Waals surface area contributed by atoms with Gasteiger partial charge in [0.05, 0.1) is 18.2 Å². The highest BCUT2D eigenvalue weighted by Crippen LogP contribution is 2.31. The molecule has 1 aliphatic heterocycles. The molecular formula is C19H30FN3O2Si. The summed E-state index contributed by atoms with van der Waals surface area (Å²) in [7, 11) is 0.472. The molecule has 5 nitrogen and oxygen atoms in total. The maximum atomic E-state index is 14.6. The van der Waals surface area contributed by atoms with E-state index in [-0.39, 0.29) is 12.5 Å². The van der Waals surface area contributed by atoms with E-state index in [1.54, 1.807) is 17.9 Å². The largest absolute Gasteiger partial charge is 0.496 e. The predicted octanol–water partition coefficient (Wildman–Crippen LogP) is 3.74.